The van der Waals surface area contributed by atoms with E-state index in [0.29, 0.717) is 0 Å². The third-order valence-electron chi connectivity index (χ3n) is 2.60. The van der Waals surface area contributed by atoms with E-state index in [2.05, 4.69) is 20.8 Å². The van der Waals surface area contributed by atoms with Crippen LogP contribution < -0.4 is 10.9 Å². The van der Waals surface area contributed by atoms with Crippen molar-refractivity contribution in [3.05, 3.63) is 61.5 Å². The summed E-state index contributed by atoms with van der Waals surface area (Å²) in [7, 11) is 0. The Balaban J connectivity index is 2.23. The van der Waals surface area contributed by atoms with Gasteiger partial charge in [-0.1, -0.05) is 23.7 Å². The lowest BCUT2D eigenvalue weighted by Crippen LogP contribution is -2.30. The Morgan fingerprint density at radius 1 is 1.13 bits per heavy atom. The van der Waals surface area contributed by atoms with Crippen molar-refractivity contribution in [3.8, 4) is 0 Å². The molecule has 0 unspecified atom stereocenters. The average molecular weight is 339 g/mol. The van der Waals surface area contributed by atoms with Crippen molar-refractivity contribution in [1.29, 1.82) is 0 Å². The highest BCUT2D eigenvalue weighted by atomic mass is 35.5. The summed E-state index contributed by atoms with van der Waals surface area (Å²) in [5.41, 5.74) is 3.00. The first-order valence-electron chi connectivity index (χ1n) is 5.86. The quantitative estimate of drug-likeness (QED) is 0.474. The number of nitrogens with zero attached hydrogens (tertiary/aromatic N) is 4. The van der Waals surface area contributed by atoms with Gasteiger partial charge in [-0.3, -0.25) is 35.9 Å². The fourth-order valence-corrected chi connectivity index (χ4v) is 1.82. The largest absolute Gasteiger partial charge is 0.350 e. The molecule has 12 heteroatoms. The van der Waals surface area contributed by atoms with Crippen LogP contribution in [0.15, 0.2) is 30.6 Å². The summed E-state index contributed by atoms with van der Waals surface area (Å²) < 4.78 is 0. The number of nitrogens with one attached hydrogen (secondary N) is 2. The molecular formula is C11H7ClN6O5. The first kappa shape index (κ1) is 16.0. The van der Waals surface area contributed by atoms with E-state index in [9.17, 15) is 25.0 Å². The van der Waals surface area contributed by atoms with Gasteiger partial charge in [-0.25, -0.2) is 9.97 Å². The van der Waals surface area contributed by atoms with Crippen molar-refractivity contribution in [2.75, 3.05) is 5.43 Å². The van der Waals surface area contributed by atoms with Gasteiger partial charge in [-0.15, -0.1) is 0 Å². The summed E-state index contributed by atoms with van der Waals surface area (Å²) >= 11 is 5.59. The van der Waals surface area contributed by atoms with Gasteiger partial charge in [-0.2, -0.15) is 0 Å². The molecule has 0 aliphatic carbocycles. The fraction of sp³-hybridized carbons (Fsp3) is 0. The number of hydrogen-bond acceptors (Lipinski definition) is 8. The topological polar surface area (TPSA) is 153 Å². The van der Waals surface area contributed by atoms with Crippen LogP contribution in [-0.2, 0) is 0 Å². The third kappa shape index (κ3) is 3.47. The van der Waals surface area contributed by atoms with Crippen LogP contribution in [0.5, 0.6) is 0 Å². The van der Waals surface area contributed by atoms with Gasteiger partial charge in [0.25, 0.3) is 11.6 Å². The molecule has 1 aromatic heterocycles. The minimum atomic E-state index is -0.874. The molecule has 1 aromatic carbocycles. The van der Waals surface area contributed by atoms with E-state index in [4.69, 9.17) is 11.6 Å². The molecule has 0 aliphatic heterocycles. The van der Waals surface area contributed by atoms with Gasteiger partial charge in [-0.05, 0) is 6.07 Å². The second kappa shape index (κ2) is 6.62. The maximum absolute atomic E-state index is 12.0. The first-order valence-corrected chi connectivity index (χ1v) is 6.24. The Labute approximate surface area is 132 Å². The van der Waals surface area contributed by atoms with Gasteiger partial charge in [0, 0.05) is 6.07 Å². The summed E-state index contributed by atoms with van der Waals surface area (Å²) in [5.74, 6) is -1.23. The summed E-state index contributed by atoms with van der Waals surface area (Å²) in [6.07, 6.45) is 0.953. The van der Waals surface area contributed by atoms with Gasteiger partial charge in [0.2, 0.25) is 11.0 Å². The molecule has 23 heavy (non-hydrogen) atoms. The number of nitro benzene ring substituents is 1. The van der Waals surface area contributed by atoms with Crippen LogP contribution >= 0.6 is 11.6 Å². The number of carbonyl (C=O) groups is 1. The molecule has 2 aromatic rings. The van der Waals surface area contributed by atoms with Crippen LogP contribution in [0, 0.1) is 20.2 Å². The van der Waals surface area contributed by atoms with Crippen LogP contribution in [0.4, 0.5) is 17.2 Å². The molecule has 1 amide bonds. The standard InChI is InChI=1S/C11H7ClN6O5/c12-9-8(18(22)23)10(14-5-13-9)15-16-11(19)6-3-1-2-4-7(6)17(20)21/h1-5H,(H,16,19)(H,13,14,15). The molecule has 118 valence electrons. The molecule has 0 aliphatic rings. The molecular weight excluding hydrogens is 332 g/mol. The van der Waals surface area contributed by atoms with E-state index < -0.39 is 32.3 Å². The van der Waals surface area contributed by atoms with E-state index in [1.807, 2.05) is 0 Å². The number of nitro groups is 2. The Morgan fingerprint density at radius 3 is 2.48 bits per heavy atom. The van der Waals surface area contributed by atoms with Crippen LogP contribution in [0.3, 0.4) is 0 Å². The Hall–Kier alpha value is -3.34. The third-order valence-corrected chi connectivity index (χ3v) is 2.88. The minimum absolute atomic E-state index is 0.229. The van der Waals surface area contributed by atoms with Crippen molar-refractivity contribution < 1.29 is 14.6 Å². The Morgan fingerprint density at radius 2 is 1.83 bits per heavy atom. The van der Waals surface area contributed by atoms with Crippen molar-refractivity contribution in [3.63, 3.8) is 0 Å². The van der Waals surface area contributed by atoms with E-state index in [0.717, 1.165) is 12.4 Å². The number of para-hydroxylation sites is 1. The number of anilines is 1. The number of hydrazine groups is 1. The number of amides is 1. The van der Waals surface area contributed by atoms with Gasteiger partial charge in [0.05, 0.1) is 9.85 Å². The minimum Gasteiger partial charge on any atom is -0.276 e. The zero-order valence-electron chi connectivity index (χ0n) is 11.1. The summed E-state index contributed by atoms with van der Waals surface area (Å²) in [6.45, 7) is 0. The first-order chi connectivity index (χ1) is 10.9. The van der Waals surface area contributed by atoms with Crippen LogP contribution in [0.1, 0.15) is 10.4 Å². The lowest BCUT2D eigenvalue weighted by Gasteiger charge is -2.08. The zero-order chi connectivity index (χ0) is 17.0. The van der Waals surface area contributed by atoms with Gasteiger partial charge < -0.3 is 0 Å². The molecule has 0 saturated heterocycles. The molecule has 0 bridgehead atoms. The van der Waals surface area contributed by atoms with E-state index in [1.54, 1.807) is 0 Å². The van der Waals surface area contributed by atoms with Crippen molar-refractivity contribution >= 4 is 34.7 Å². The summed E-state index contributed by atoms with van der Waals surface area (Å²) in [5, 5.41) is 21.3. The average Bonchev–Trinajstić information content (AvgIpc) is 2.52. The maximum Gasteiger partial charge on any atom is 0.350 e. The van der Waals surface area contributed by atoms with Gasteiger partial charge in [0.15, 0.2) is 0 Å². The van der Waals surface area contributed by atoms with Crippen LogP contribution in [-0.4, -0.2) is 25.7 Å². The van der Waals surface area contributed by atoms with Gasteiger partial charge >= 0.3 is 5.69 Å². The molecule has 0 radical (unpaired) electrons. The maximum atomic E-state index is 12.0. The lowest BCUT2D eigenvalue weighted by molar-refractivity contribution is -0.385. The second-order valence-corrected chi connectivity index (χ2v) is 4.33. The predicted octanol–water partition coefficient (Wildman–Crippen LogP) is 1.70. The number of aromatic nitrogens is 2. The molecule has 0 atom stereocenters. The van der Waals surface area contributed by atoms with E-state index in [1.165, 1.54) is 18.2 Å². The molecule has 0 spiro atoms. The fourth-order valence-electron chi connectivity index (χ4n) is 1.62. The number of rotatable bonds is 5. The van der Waals surface area contributed by atoms with Crippen LogP contribution in [0.2, 0.25) is 5.15 Å². The van der Waals surface area contributed by atoms with Crippen molar-refractivity contribution in [1.82, 2.24) is 15.4 Å². The van der Waals surface area contributed by atoms with Crippen molar-refractivity contribution in [2.45, 2.75) is 0 Å². The van der Waals surface area contributed by atoms with Gasteiger partial charge in [0.1, 0.15) is 11.9 Å². The molecule has 2 N–H and O–H groups in total. The highest BCUT2D eigenvalue weighted by Crippen LogP contribution is 2.27. The molecule has 1 heterocycles. The van der Waals surface area contributed by atoms with E-state index >= 15 is 0 Å². The smallest absolute Gasteiger partial charge is 0.276 e. The Bertz CT molecular complexity index is 798. The van der Waals surface area contributed by atoms with Crippen molar-refractivity contribution in [2.24, 2.45) is 0 Å². The highest BCUT2D eigenvalue weighted by Gasteiger charge is 2.23. The monoisotopic (exact) mass is 338 g/mol. The molecule has 11 nitrogen and oxygen atoms in total. The van der Waals surface area contributed by atoms with Crippen LogP contribution in [0.25, 0.3) is 0 Å². The predicted molar refractivity (Wildman–Crippen MR) is 77.9 cm³/mol. The molecule has 2 rings (SSSR count). The summed E-state index contributed by atoms with van der Waals surface area (Å²) in [4.78, 5) is 39.2. The number of carbonyl (C=O) groups excluding carboxylic acids is 1. The zero-order valence-corrected chi connectivity index (χ0v) is 11.9. The summed E-state index contributed by atoms with van der Waals surface area (Å²) in [6, 6.07) is 5.22. The lowest BCUT2D eigenvalue weighted by atomic mass is 10.2. The number of hydrogen-bond donors (Lipinski definition) is 2. The normalized spacial score (nSPS) is 9.96. The Kier molecular flexibility index (Phi) is 4.61. The highest BCUT2D eigenvalue weighted by molar-refractivity contribution is 6.31. The second-order valence-electron chi connectivity index (χ2n) is 3.97. The SMILES string of the molecule is O=C(NNc1ncnc(Cl)c1[N+](=O)[O-])c1ccccc1[N+](=O)[O-]. The van der Waals surface area contributed by atoms with E-state index in [-0.39, 0.29) is 11.4 Å². The number of halogens is 1. The molecule has 0 saturated carbocycles. The number of benzene rings is 1. The molecule has 0 fully saturated rings.